The first kappa shape index (κ1) is 15.2. The lowest BCUT2D eigenvalue weighted by molar-refractivity contribution is 0.866. The Morgan fingerprint density at radius 3 is 1.52 bits per heavy atom. The van der Waals surface area contributed by atoms with Crippen LogP contribution in [-0.2, 0) is 0 Å². The Bertz CT molecular complexity index is 826. The van der Waals surface area contributed by atoms with Gasteiger partial charge in [-0.1, -0.05) is 88.4 Å². The zero-order chi connectivity index (χ0) is 16.7. The van der Waals surface area contributed by atoms with Crippen LogP contribution >= 0.6 is 0 Å². The van der Waals surface area contributed by atoms with Crippen molar-refractivity contribution in [3.8, 4) is 11.1 Å². The molecule has 2 aromatic carbocycles. The summed E-state index contributed by atoms with van der Waals surface area (Å²) in [5, 5.41) is 7.02. The van der Waals surface area contributed by atoms with Crippen LogP contribution in [0.1, 0.15) is 38.5 Å². The van der Waals surface area contributed by atoms with E-state index in [1.807, 2.05) is 0 Å². The van der Waals surface area contributed by atoms with Crippen molar-refractivity contribution in [3.05, 3.63) is 88.4 Å². The van der Waals surface area contributed by atoms with E-state index >= 15 is 0 Å². The van der Waals surface area contributed by atoms with Crippen molar-refractivity contribution in [3.63, 3.8) is 0 Å². The van der Waals surface area contributed by atoms with Gasteiger partial charge in [0.25, 0.3) is 0 Å². The highest BCUT2D eigenvalue weighted by Gasteiger charge is 2.48. The van der Waals surface area contributed by atoms with Crippen molar-refractivity contribution in [2.24, 2.45) is 0 Å². The van der Waals surface area contributed by atoms with Crippen LogP contribution in [-0.4, -0.2) is 8.07 Å². The molecule has 0 nitrogen and oxygen atoms in total. The van der Waals surface area contributed by atoms with Gasteiger partial charge in [0.1, 0.15) is 0 Å². The van der Waals surface area contributed by atoms with Crippen LogP contribution in [0.25, 0.3) is 11.1 Å². The molecular formula is C24H24Si. The standard InChI is InChI=1S/C24H24Si/c1-2-7-19(8-3-1)20-15-17-24(18-16-20)25-21-9-4-10-22(25)12-6-14-23(25)13-5-11-21/h1-3,7-9,12-13,15-18H,4-6,10-11,14H2. The molecule has 0 radical (unpaired) electrons. The molecule has 5 rings (SSSR count). The minimum atomic E-state index is -1.76. The van der Waals surface area contributed by atoms with Crippen molar-refractivity contribution in [1.29, 1.82) is 0 Å². The van der Waals surface area contributed by atoms with Crippen molar-refractivity contribution >= 4 is 13.3 Å². The normalized spacial score (nSPS) is 20.9. The monoisotopic (exact) mass is 340 g/mol. The predicted octanol–water partition coefficient (Wildman–Crippen LogP) is 5.79. The van der Waals surface area contributed by atoms with Crippen LogP contribution in [0, 0.1) is 0 Å². The van der Waals surface area contributed by atoms with E-state index in [0.29, 0.717) is 0 Å². The quantitative estimate of drug-likeness (QED) is 0.607. The van der Waals surface area contributed by atoms with E-state index in [1.165, 1.54) is 49.7 Å². The molecule has 0 fully saturated rings. The number of hydrogen-bond acceptors (Lipinski definition) is 0. The van der Waals surface area contributed by atoms with Crippen LogP contribution in [0.5, 0.6) is 0 Å². The molecule has 0 spiro atoms. The van der Waals surface area contributed by atoms with Gasteiger partial charge < -0.3 is 0 Å². The first-order chi connectivity index (χ1) is 12.4. The fourth-order valence-electron chi connectivity index (χ4n) is 5.25. The van der Waals surface area contributed by atoms with Crippen molar-refractivity contribution in [2.75, 3.05) is 0 Å². The third kappa shape index (κ3) is 2.26. The molecule has 0 bridgehead atoms. The summed E-state index contributed by atoms with van der Waals surface area (Å²) in [6, 6.07) is 20.4. The van der Waals surface area contributed by atoms with Crippen LogP contribution in [0.3, 0.4) is 0 Å². The molecule has 3 aliphatic rings. The first-order valence-corrected chi connectivity index (χ1v) is 11.6. The topological polar surface area (TPSA) is 0 Å². The van der Waals surface area contributed by atoms with E-state index in [2.05, 4.69) is 72.8 Å². The first-order valence-electron chi connectivity index (χ1n) is 9.63. The maximum Gasteiger partial charge on any atom is 0.166 e. The van der Waals surface area contributed by atoms with E-state index in [0.717, 1.165) is 0 Å². The molecule has 0 saturated heterocycles. The summed E-state index contributed by atoms with van der Waals surface area (Å²) in [5.41, 5.74) is 2.65. The lowest BCUT2D eigenvalue weighted by Gasteiger charge is -2.46. The Labute approximate surface area is 151 Å². The number of benzene rings is 2. The summed E-state index contributed by atoms with van der Waals surface area (Å²) < 4.78 is 0. The summed E-state index contributed by atoms with van der Waals surface area (Å²) >= 11 is 0. The van der Waals surface area contributed by atoms with Gasteiger partial charge in [0.05, 0.1) is 0 Å². The van der Waals surface area contributed by atoms with Gasteiger partial charge in [-0.2, -0.15) is 0 Å². The predicted molar refractivity (Wildman–Crippen MR) is 109 cm³/mol. The lowest BCUT2D eigenvalue weighted by Crippen LogP contribution is -2.57. The van der Waals surface area contributed by atoms with E-state index in [-0.39, 0.29) is 0 Å². The molecule has 0 aliphatic carbocycles. The Balaban J connectivity index is 1.66. The maximum absolute atomic E-state index is 2.60. The van der Waals surface area contributed by atoms with Gasteiger partial charge in [0.15, 0.2) is 8.07 Å². The molecule has 0 amide bonds. The Morgan fingerprint density at radius 2 is 1.00 bits per heavy atom. The Hall–Kier alpha value is -2.12. The summed E-state index contributed by atoms with van der Waals surface area (Å²) in [4.78, 5) is 0. The molecule has 124 valence electrons. The van der Waals surface area contributed by atoms with Gasteiger partial charge >= 0.3 is 0 Å². The third-order valence-electron chi connectivity index (χ3n) is 6.28. The smallest absolute Gasteiger partial charge is 0.0879 e. The third-order valence-corrected chi connectivity index (χ3v) is 11.7. The van der Waals surface area contributed by atoms with Crippen molar-refractivity contribution < 1.29 is 0 Å². The van der Waals surface area contributed by atoms with E-state index < -0.39 is 8.07 Å². The second-order valence-electron chi connectivity index (χ2n) is 7.50. The number of rotatable bonds is 2. The minimum Gasteiger partial charge on any atom is -0.0879 e. The average molecular weight is 341 g/mol. The highest BCUT2D eigenvalue weighted by atomic mass is 28.3. The van der Waals surface area contributed by atoms with Gasteiger partial charge in [-0.15, -0.1) is 0 Å². The largest absolute Gasteiger partial charge is 0.166 e. The highest BCUT2D eigenvalue weighted by molar-refractivity contribution is 7.08. The maximum atomic E-state index is 2.60. The van der Waals surface area contributed by atoms with Crippen molar-refractivity contribution in [1.82, 2.24) is 0 Å². The van der Waals surface area contributed by atoms with Gasteiger partial charge in [-0.25, -0.2) is 0 Å². The van der Waals surface area contributed by atoms with Gasteiger partial charge in [0, 0.05) is 0 Å². The van der Waals surface area contributed by atoms with E-state index in [1.54, 1.807) is 20.8 Å². The van der Waals surface area contributed by atoms with Gasteiger partial charge in [-0.3, -0.25) is 0 Å². The van der Waals surface area contributed by atoms with Gasteiger partial charge in [-0.05, 0) is 54.8 Å². The van der Waals surface area contributed by atoms with Crippen LogP contribution in [0.4, 0.5) is 0 Å². The van der Waals surface area contributed by atoms with Crippen LogP contribution < -0.4 is 5.19 Å². The second-order valence-corrected chi connectivity index (χ2v) is 11.5. The molecule has 0 atom stereocenters. The molecule has 3 aliphatic heterocycles. The zero-order valence-electron chi connectivity index (χ0n) is 14.7. The molecule has 3 heterocycles. The van der Waals surface area contributed by atoms with Crippen LogP contribution in [0.15, 0.2) is 88.4 Å². The fourth-order valence-corrected chi connectivity index (χ4v) is 11.2. The number of allylic oxidation sites excluding steroid dienone is 6. The molecule has 0 N–H and O–H groups in total. The molecule has 0 aromatic heterocycles. The number of hydrogen-bond donors (Lipinski definition) is 0. The molecular weight excluding hydrogens is 316 g/mol. The SMILES string of the molecule is C1=C2CCC=C3CCC=C(CC1)[Si]23c1ccc(-c2ccccc2)cc1. The molecule has 1 heteroatoms. The van der Waals surface area contributed by atoms with Gasteiger partial charge in [0.2, 0.25) is 0 Å². The molecule has 25 heavy (non-hydrogen) atoms. The van der Waals surface area contributed by atoms with E-state index in [4.69, 9.17) is 0 Å². The van der Waals surface area contributed by atoms with E-state index in [9.17, 15) is 0 Å². The second kappa shape index (κ2) is 6.00. The minimum absolute atomic E-state index is 1.26. The zero-order valence-corrected chi connectivity index (χ0v) is 15.7. The molecule has 0 saturated carbocycles. The summed E-state index contributed by atoms with van der Waals surface area (Å²) in [7, 11) is -1.76. The lowest BCUT2D eigenvalue weighted by atomic mass is 10.1. The van der Waals surface area contributed by atoms with Crippen LogP contribution in [0.2, 0.25) is 0 Å². The average Bonchev–Trinajstić information content (AvgIpc) is 2.69. The molecule has 2 aromatic rings. The Morgan fingerprint density at radius 1 is 0.520 bits per heavy atom. The highest BCUT2D eigenvalue weighted by Crippen LogP contribution is 2.46. The molecule has 0 unspecified atom stereocenters. The Kier molecular flexibility index (Phi) is 3.64. The summed E-state index contributed by atoms with van der Waals surface area (Å²) in [5.74, 6) is 0. The summed E-state index contributed by atoms with van der Waals surface area (Å²) in [6.45, 7) is 0. The van der Waals surface area contributed by atoms with Crippen molar-refractivity contribution in [2.45, 2.75) is 38.5 Å². The summed E-state index contributed by atoms with van der Waals surface area (Å²) in [6.07, 6.45) is 15.4. The fraction of sp³-hybridized carbons (Fsp3) is 0.250.